The zero-order valence-electron chi connectivity index (χ0n) is 18.1. The molecule has 0 bridgehead atoms. The maximum atomic E-state index is 12.4. The van der Waals surface area contributed by atoms with Crippen LogP contribution in [0.15, 0.2) is 36.4 Å². The van der Waals surface area contributed by atoms with Gasteiger partial charge in [0, 0.05) is 51.4 Å². The predicted octanol–water partition coefficient (Wildman–Crippen LogP) is 4.39. The second-order valence-corrected chi connectivity index (χ2v) is 9.04. The van der Waals surface area contributed by atoms with Crippen molar-refractivity contribution in [3.63, 3.8) is 0 Å². The molecule has 0 aliphatic carbocycles. The van der Waals surface area contributed by atoms with Crippen LogP contribution in [0.2, 0.25) is 5.02 Å². The van der Waals surface area contributed by atoms with Crippen LogP contribution in [0.25, 0.3) is 10.2 Å². The number of aryl methyl sites for hydroxylation is 1. The lowest BCUT2D eigenvalue weighted by atomic mass is 10.1. The minimum atomic E-state index is -0.541. The molecule has 1 amide bonds. The van der Waals surface area contributed by atoms with Crippen LogP contribution < -0.4 is 10.2 Å². The Balaban J connectivity index is 0.00000306. The van der Waals surface area contributed by atoms with Gasteiger partial charge in [-0.2, -0.15) is 0 Å². The lowest BCUT2D eigenvalue weighted by molar-refractivity contribution is -0.384. The van der Waals surface area contributed by atoms with Crippen LogP contribution in [0.1, 0.15) is 22.8 Å². The monoisotopic (exact) mass is 509 g/mol. The number of halogens is 2. The van der Waals surface area contributed by atoms with E-state index in [1.807, 2.05) is 0 Å². The van der Waals surface area contributed by atoms with E-state index >= 15 is 0 Å². The molecule has 176 valence electrons. The first-order valence-corrected chi connectivity index (χ1v) is 11.7. The van der Waals surface area contributed by atoms with Gasteiger partial charge in [-0.1, -0.05) is 42.0 Å². The number of anilines is 1. The minimum absolute atomic E-state index is 0. The molecule has 2 heterocycles. The summed E-state index contributed by atoms with van der Waals surface area (Å²) in [5, 5.41) is 15.0. The van der Waals surface area contributed by atoms with Gasteiger partial charge in [-0.25, -0.2) is 4.98 Å². The molecule has 0 spiro atoms. The first-order chi connectivity index (χ1) is 15.5. The maximum Gasteiger partial charge on any atom is 0.270 e. The summed E-state index contributed by atoms with van der Waals surface area (Å²) in [6.45, 7) is 6.81. The SMILES string of the molecule is CCc1cccc2sc(N3CCN(CCNC(=O)c4cc([N+](=O)[O-])ccc4Cl)CC3)nc12.Cl. The molecule has 1 N–H and O–H groups in total. The average molecular weight is 510 g/mol. The second kappa shape index (κ2) is 11.1. The van der Waals surface area contributed by atoms with Crippen molar-refractivity contribution in [2.24, 2.45) is 0 Å². The third-order valence-corrected chi connectivity index (χ3v) is 7.04. The van der Waals surface area contributed by atoms with Crippen LogP contribution in [-0.4, -0.2) is 60.0 Å². The van der Waals surface area contributed by atoms with Gasteiger partial charge in [0.25, 0.3) is 11.6 Å². The Hall–Kier alpha value is -2.46. The van der Waals surface area contributed by atoms with E-state index in [0.717, 1.165) is 43.2 Å². The molecular formula is C22H25Cl2N5O3S. The van der Waals surface area contributed by atoms with Gasteiger partial charge >= 0.3 is 0 Å². The lowest BCUT2D eigenvalue weighted by Gasteiger charge is -2.34. The Labute approximate surface area is 207 Å². The normalized spacial score (nSPS) is 14.2. The highest BCUT2D eigenvalue weighted by molar-refractivity contribution is 7.22. The first-order valence-electron chi connectivity index (χ1n) is 10.5. The average Bonchev–Trinajstić information content (AvgIpc) is 3.24. The Morgan fingerprint density at radius 1 is 1.24 bits per heavy atom. The van der Waals surface area contributed by atoms with Gasteiger partial charge in [-0.3, -0.25) is 19.8 Å². The molecule has 2 aromatic carbocycles. The molecule has 4 rings (SSSR count). The van der Waals surface area contributed by atoms with Gasteiger partial charge in [0.05, 0.1) is 25.7 Å². The van der Waals surface area contributed by atoms with Crippen molar-refractivity contribution in [3.8, 4) is 0 Å². The first kappa shape index (κ1) is 25.2. The summed E-state index contributed by atoms with van der Waals surface area (Å²) < 4.78 is 1.23. The number of piperazine rings is 1. The van der Waals surface area contributed by atoms with E-state index in [9.17, 15) is 14.9 Å². The summed E-state index contributed by atoms with van der Waals surface area (Å²) in [6, 6.07) is 10.2. The number of thiazole rings is 1. The summed E-state index contributed by atoms with van der Waals surface area (Å²) in [5.74, 6) is -0.404. The van der Waals surface area contributed by atoms with Crippen LogP contribution >= 0.6 is 35.3 Å². The van der Waals surface area contributed by atoms with Crippen molar-refractivity contribution in [2.45, 2.75) is 13.3 Å². The number of carbonyl (C=O) groups is 1. The van der Waals surface area contributed by atoms with Crippen molar-refractivity contribution < 1.29 is 9.72 Å². The van der Waals surface area contributed by atoms with E-state index in [-0.39, 0.29) is 28.7 Å². The number of amides is 1. The number of nitrogens with zero attached hydrogens (tertiary/aromatic N) is 4. The molecule has 3 aromatic rings. The van der Waals surface area contributed by atoms with Gasteiger partial charge in [0.2, 0.25) is 0 Å². The number of aromatic nitrogens is 1. The third kappa shape index (κ3) is 5.73. The summed E-state index contributed by atoms with van der Waals surface area (Å²) >= 11 is 7.78. The number of non-ortho nitro benzene ring substituents is 1. The molecule has 1 saturated heterocycles. The van der Waals surface area contributed by atoms with E-state index in [1.54, 1.807) is 11.3 Å². The molecule has 1 aliphatic rings. The number of carbonyl (C=O) groups excluding carboxylic acids is 1. The summed E-state index contributed by atoms with van der Waals surface area (Å²) in [7, 11) is 0. The topological polar surface area (TPSA) is 91.6 Å². The number of rotatable bonds is 7. The number of hydrogen-bond donors (Lipinski definition) is 1. The standard InChI is InChI=1S/C22H24ClN5O3S.ClH/c1-2-15-4-3-5-19-20(15)25-22(32-19)27-12-10-26(11-13-27)9-8-24-21(29)17-14-16(28(30)31)6-7-18(17)23;/h3-7,14H,2,8-13H2,1H3,(H,24,29);1H. The zero-order valence-corrected chi connectivity index (χ0v) is 20.5. The number of hydrogen-bond acceptors (Lipinski definition) is 7. The van der Waals surface area contributed by atoms with E-state index in [2.05, 4.69) is 40.2 Å². The Morgan fingerprint density at radius 2 is 2.00 bits per heavy atom. The van der Waals surface area contributed by atoms with Gasteiger partial charge in [0.15, 0.2) is 5.13 Å². The summed E-state index contributed by atoms with van der Waals surface area (Å²) in [6.07, 6.45) is 0.974. The highest BCUT2D eigenvalue weighted by atomic mass is 35.5. The molecular weight excluding hydrogens is 485 g/mol. The van der Waals surface area contributed by atoms with Crippen molar-refractivity contribution in [3.05, 3.63) is 62.7 Å². The van der Waals surface area contributed by atoms with Crippen LogP contribution in [0.4, 0.5) is 10.8 Å². The minimum Gasteiger partial charge on any atom is -0.351 e. The molecule has 0 atom stereocenters. The van der Waals surface area contributed by atoms with Crippen molar-refractivity contribution in [1.29, 1.82) is 0 Å². The highest BCUT2D eigenvalue weighted by Gasteiger charge is 2.21. The Bertz CT molecular complexity index is 1150. The van der Waals surface area contributed by atoms with E-state index in [1.165, 1.54) is 28.5 Å². The van der Waals surface area contributed by atoms with Crippen LogP contribution in [0.3, 0.4) is 0 Å². The predicted molar refractivity (Wildman–Crippen MR) is 135 cm³/mol. The number of nitro benzene ring substituents is 1. The van der Waals surface area contributed by atoms with Crippen molar-refractivity contribution in [2.75, 3.05) is 44.2 Å². The van der Waals surface area contributed by atoms with Crippen LogP contribution in [0, 0.1) is 10.1 Å². The van der Waals surface area contributed by atoms with Gasteiger partial charge in [-0.05, 0) is 24.1 Å². The third-order valence-electron chi connectivity index (χ3n) is 5.63. The number of nitro groups is 1. The van der Waals surface area contributed by atoms with Gasteiger partial charge in [-0.15, -0.1) is 12.4 Å². The van der Waals surface area contributed by atoms with E-state index in [0.29, 0.717) is 13.1 Å². The molecule has 1 fully saturated rings. The zero-order chi connectivity index (χ0) is 22.7. The second-order valence-electron chi connectivity index (χ2n) is 7.62. The lowest BCUT2D eigenvalue weighted by Crippen LogP contribution is -2.48. The fourth-order valence-corrected chi connectivity index (χ4v) is 5.07. The number of fused-ring (bicyclic) bond motifs is 1. The van der Waals surface area contributed by atoms with Gasteiger partial charge in [0.1, 0.15) is 0 Å². The summed E-state index contributed by atoms with van der Waals surface area (Å²) in [5.41, 5.74) is 2.35. The molecule has 33 heavy (non-hydrogen) atoms. The maximum absolute atomic E-state index is 12.4. The quantitative estimate of drug-likeness (QED) is 0.375. The molecule has 11 heteroatoms. The molecule has 1 aliphatic heterocycles. The number of benzene rings is 2. The van der Waals surface area contributed by atoms with Crippen molar-refractivity contribution >= 4 is 62.3 Å². The summed E-state index contributed by atoms with van der Waals surface area (Å²) in [4.78, 5) is 32.3. The van der Waals surface area contributed by atoms with E-state index in [4.69, 9.17) is 16.6 Å². The fraction of sp³-hybridized carbons (Fsp3) is 0.364. The van der Waals surface area contributed by atoms with Crippen molar-refractivity contribution in [1.82, 2.24) is 15.2 Å². The fourth-order valence-electron chi connectivity index (χ4n) is 3.80. The molecule has 0 unspecified atom stereocenters. The largest absolute Gasteiger partial charge is 0.351 e. The molecule has 8 nitrogen and oxygen atoms in total. The molecule has 0 saturated carbocycles. The molecule has 1 aromatic heterocycles. The van der Waals surface area contributed by atoms with Crippen LogP contribution in [0.5, 0.6) is 0 Å². The smallest absolute Gasteiger partial charge is 0.270 e. The Kier molecular flexibility index (Phi) is 8.47. The van der Waals surface area contributed by atoms with Crippen LogP contribution in [-0.2, 0) is 6.42 Å². The highest BCUT2D eigenvalue weighted by Crippen LogP contribution is 2.31. The number of para-hydroxylation sites is 1. The Morgan fingerprint density at radius 3 is 2.70 bits per heavy atom. The molecule has 0 radical (unpaired) electrons. The van der Waals surface area contributed by atoms with Gasteiger partial charge < -0.3 is 10.2 Å². The van der Waals surface area contributed by atoms with E-state index < -0.39 is 10.8 Å². The number of nitrogens with one attached hydrogen (secondary N) is 1.